The normalized spacial score (nSPS) is 13.4. The topological polar surface area (TPSA) is 49.3 Å². The molecule has 0 saturated carbocycles. The van der Waals surface area contributed by atoms with Crippen LogP contribution in [0.15, 0.2) is 66.9 Å². The van der Waals surface area contributed by atoms with Crippen molar-refractivity contribution in [3.05, 3.63) is 89.5 Å². The van der Waals surface area contributed by atoms with Crippen LogP contribution < -0.4 is 9.80 Å². The van der Waals surface area contributed by atoms with Crippen molar-refractivity contribution >= 4 is 46.2 Å². The van der Waals surface area contributed by atoms with Crippen molar-refractivity contribution in [3.8, 4) is 0 Å². The zero-order chi connectivity index (χ0) is 22.2. The van der Waals surface area contributed by atoms with Crippen LogP contribution in [0.2, 0.25) is 0 Å². The van der Waals surface area contributed by atoms with E-state index in [9.17, 15) is 9.18 Å². The minimum Gasteiger partial charge on any atom is -0.309 e. The SMILES string of the molecule is CCN1c2ncc(/C=C/c3ccc4ccccc4c3)cc2C(=O)N(C)c2ccc(F)nc21. The first-order valence-corrected chi connectivity index (χ1v) is 10.4. The molecule has 2 aromatic heterocycles. The van der Waals surface area contributed by atoms with Crippen LogP contribution >= 0.6 is 0 Å². The molecule has 0 radical (unpaired) electrons. The summed E-state index contributed by atoms with van der Waals surface area (Å²) in [5.74, 6) is 0.0543. The average Bonchev–Trinajstić information content (AvgIpc) is 2.90. The van der Waals surface area contributed by atoms with E-state index in [1.165, 1.54) is 21.7 Å². The quantitative estimate of drug-likeness (QED) is 0.397. The largest absolute Gasteiger partial charge is 0.309 e. The Morgan fingerprint density at radius 2 is 1.72 bits per heavy atom. The number of carbonyl (C=O) groups is 1. The minimum atomic E-state index is -0.596. The number of carbonyl (C=O) groups excluding carboxylic acids is 1. The highest BCUT2D eigenvalue weighted by Crippen LogP contribution is 2.38. The van der Waals surface area contributed by atoms with Crippen LogP contribution in [-0.4, -0.2) is 29.5 Å². The van der Waals surface area contributed by atoms with E-state index in [1.54, 1.807) is 24.2 Å². The number of pyridine rings is 2. The summed E-state index contributed by atoms with van der Waals surface area (Å²) >= 11 is 0. The second-order valence-corrected chi connectivity index (χ2v) is 7.66. The Balaban J connectivity index is 1.54. The van der Waals surface area contributed by atoms with Gasteiger partial charge in [0.25, 0.3) is 5.91 Å². The first kappa shape index (κ1) is 19.9. The van der Waals surface area contributed by atoms with E-state index in [-0.39, 0.29) is 5.91 Å². The number of halogens is 1. The van der Waals surface area contributed by atoms with Crippen molar-refractivity contribution in [1.29, 1.82) is 0 Å². The first-order valence-electron chi connectivity index (χ1n) is 10.4. The van der Waals surface area contributed by atoms with Gasteiger partial charge in [-0.25, -0.2) is 4.98 Å². The minimum absolute atomic E-state index is 0.209. The molecule has 0 saturated heterocycles. The lowest BCUT2D eigenvalue weighted by molar-refractivity contribution is 0.0994. The molecule has 5 nitrogen and oxygen atoms in total. The second kappa shape index (κ2) is 7.89. The highest BCUT2D eigenvalue weighted by atomic mass is 19.1. The van der Waals surface area contributed by atoms with Crippen molar-refractivity contribution in [2.75, 3.05) is 23.4 Å². The Morgan fingerprint density at radius 1 is 0.938 bits per heavy atom. The third kappa shape index (κ3) is 3.39. The maximum Gasteiger partial charge on any atom is 0.261 e. The van der Waals surface area contributed by atoms with Crippen molar-refractivity contribution in [2.45, 2.75) is 6.92 Å². The molecule has 5 rings (SSSR count). The van der Waals surface area contributed by atoms with Gasteiger partial charge in [0, 0.05) is 19.8 Å². The summed E-state index contributed by atoms with van der Waals surface area (Å²) in [7, 11) is 1.67. The van der Waals surface area contributed by atoms with Crippen LogP contribution in [0.4, 0.5) is 21.7 Å². The molecule has 0 unspecified atom stereocenters. The molecule has 6 heteroatoms. The molecule has 0 bridgehead atoms. The first-order chi connectivity index (χ1) is 15.5. The molecular weight excluding hydrogens is 403 g/mol. The number of nitrogens with zero attached hydrogens (tertiary/aromatic N) is 4. The van der Waals surface area contributed by atoms with Crippen LogP contribution in [-0.2, 0) is 0 Å². The van der Waals surface area contributed by atoms with Gasteiger partial charge in [0.2, 0.25) is 5.95 Å². The van der Waals surface area contributed by atoms with E-state index in [0.717, 1.165) is 11.1 Å². The molecule has 0 spiro atoms. The lowest BCUT2D eigenvalue weighted by Crippen LogP contribution is -2.25. The van der Waals surface area contributed by atoms with Gasteiger partial charge in [0.15, 0.2) is 5.82 Å². The monoisotopic (exact) mass is 424 g/mol. The molecular formula is C26H21FN4O. The maximum absolute atomic E-state index is 13.9. The van der Waals surface area contributed by atoms with Gasteiger partial charge in [-0.05, 0) is 53.1 Å². The van der Waals surface area contributed by atoms with Gasteiger partial charge >= 0.3 is 0 Å². The third-order valence-electron chi connectivity index (χ3n) is 5.67. The smallest absolute Gasteiger partial charge is 0.261 e. The number of hydrogen-bond donors (Lipinski definition) is 0. The molecule has 1 aliphatic rings. The molecule has 158 valence electrons. The summed E-state index contributed by atoms with van der Waals surface area (Å²) in [6.07, 6.45) is 5.66. The summed E-state index contributed by atoms with van der Waals surface area (Å²) in [6, 6.07) is 19.1. The average molecular weight is 424 g/mol. The van der Waals surface area contributed by atoms with Crippen molar-refractivity contribution in [1.82, 2.24) is 9.97 Å². The van der Waals surface area contributed by atoms with Crippen LogP contribution in [0.3, 0.4) is 0 Å². The number of rotatable bonds is 3. The molecule has 32 heavy (non-hydrogen) atoms. The zero-order valence-electron chi connectivity index (χ0n) is 17.8. The number of hydrogen-bond acceptors (Lipinski definition) is 4. The maximum atomic E-state index is 13.9. The van der Waals surface area contributed by atoms with Crippen molar-refractivity contribution in [2.24, 2.45) is 0 Å². The Labute approximate surface area is 185 Å². The van der Waals surface area contributed by atoms with Gasteiger partial charge in [-0.3, -0.25) is 4.79 Å². The summed E-state index contributed by atoms with van der Waals surface area (Å²) < 4.78 is 13.9. The molecule has 0 aliphatic carbocycles. The van der Waals surface area contributed by atoms with E-state index >= 15 is 0 Å². The Morgan fingerprint density at radius 3 is 2.53 bits per heavy atom. The van der Waals surface area contributed by atoms with Crippen molar-refractivity contribution < 1.29 is 9.18 Å². The summed E-state index contributed by atoms with van der Waals surface area (Å²) in [6.45, 7) is 2.42. The van der Waals surface area contributed by atoms with Gasteiger partial charge in [0.05, 0.1) is 11.3 Å². The predicted molar refractivity (Wildman–Crippen MR) is 127 cm³/mol. The molecule has 1 aliphatic heterocycles. The van der Waals surface area contributed by atoms with Crippen LogP contribution in [0.1, 0.15) is 28.4 Å². The second-order valence-electron chi connectivity index (χ2n) is 7.66. The van der Waals surface area contributed by atoms with E-state index in [4.69, 9.17) is 0 Å². The Bertz CT molecular complexity index is 1380. The van der Waals surface area contributed by atoms with E-state index in [1.807, 2.05) is 37.3 Å². The fraction of sp³-hybridized carbons (Fsp3) is 0.115. The molecule has 0 N–H and O–H groups in total. The fourth-order valence-electron chi connectivity index (χ4n) is 4.01. The molecule has 1 amide bonds. The number of fused-ring (bicyclic) bond motifs is 3. The van der Waals surface area contributed by atoms with E-state index in [2.05, 4.69) is 40.3 Å². The highest BCUT2D eigenvalue weighted by molar-refractivity contribution is 6.12. The molecule has 0 atom stereocenters. The van der Waals surface area contributed by atoms with E-state index in [0.29, 0.717) is 29.4 Å². The molecule has 4 aromatic rings. The lowest BCUT2D eigenvalue weighted by Gasteiger charge is -2.22. The van der Waals surface area contributed by atoms with E-state index < -0.39 is 5.95 Å². The molecule has 0 fully saturated rings. The van der Waals surface area contributed by atoms with Gasteiger partial charge in [-0.2, -0.15) is 9.37 Å². The summed E-state index contributed by atoms with van der Waals surface area (Å²) in [5.41, 5.74) is 2.86. The van der Waals surface area contributed by atoms with Crippen molar-refractivity contribution in [3.63, 3.8) is 0 Å². The number of benzene rings is 2. The Kier molecular flexibility index (Phi) is 4.90. The van der Waals surface area contributed by atoms with Gasteiger partial charge in [-0.1, -0.05) is 48.6 Å². The van der Waals surface area contributed by atoms with Gasteiger partial charge in [-0.15, -0.1) is 0 Å². The number of amides is 1. The highest BCUT2D eigenvalue weighted by Gasteiger charge is 2.30. The zero-order valence-corrected chi connectivity index (χ0v) is 17.8. The summed E-state index contributed by atoms with van der Waals surface area (Å²) in [5, 5.41) is 2.36. The van der Waals surface area contributed by atoms with Crippen LogP contribution in [0.25, 0.3) is 22.9 Å². The van der Waals surface area contributed by atoms with Crippen LogP contribution in [0, 0.1) is 5.95 Å². The summed E-state index contributed by atoms with van der Waals surface area (Å²) in [4.78, 5) is 25.1. The fourth-order valence-corrected chi connectivity index (χ4v) is 4.01. The molecule has 2 aromatic carbocycles. The third-order valence-corrected chi connectivity index (χ3v) is 5.67. The number of anilines is 3. The number of aromatic nitrogens is 2. The standard InChI is InChI=1S/C26H21FN4O/c1-3-31-24-21(26(32)30(2)22-12-13-23(27)29-25(22)31)15-18(16-28-24)9-8-17-10-11-19-6-4-5-7-20(19)14-17/h4-16H,3H2,1-2H3/b9-8+. The van der Waals surface area contributed by atoms with Crippen LogP contribution in [0.5, 0.6) is 0 Å². The lowest BCUT2D eigenvalue weighted by atomic mass is 10.1. The Hall–Kier alpha value is -4.06. The van der Waals surface area contributed by atoms with Gasteiger partial charge < -0.3 is 9.80 Å². The van der Waals surface area contributed by atoms with Gasteiger partial charge in [0.1, 0.15) is 5.82 Å². The molecule has 3 heterocycles. The predicted octanol–water partition coefficient (Wildman–Crippen LogP) is 5.69.